The standard InChI is InChI=1S/C23H27NO/c1-16-6-9-18(10-7-16)20(22(25)23(3,4)5)15-24-13-12-19-14-17(2)8-11-21(19)24/h6-11,14-15H,12-13H2,1-5H3/b20-15+. The SMILES string of the molecule is Cc1ccc(/C(=C\N2CCc3cc(C)ccc32)C(=O)C(C)(C)C)cc1. The van der Waals surface area contributed by atoms with Gasteiger partial charge in [-0.15, -0.1) is 0 Å². The Hall–Kier alpha value is -2.35. The monoisotopic (exact) mass is 333 g/mol. The molecule has 130 valence electrons. The summed E-state index contributed by atoms with van der Waals surface area (Å²) in [4.78, 5) is 15.3. The fourth-order valence-corrected chi connectivity index (χ4v) is 3.25. The van der Waals surface area contributed by atoms with Crippen LogP contribution in [0.25, 0.3) is 5.57 Å². The molecule has 25 heavy (non-hydrogen) atoms. The van der Waals surface area contributed by atoms with E-state index in [2.05, 4.69) is 67.4 Å². The summed E-state index contributed by atoms with van der Waals surface area (Å²) in [7, 11) is 0. The zero-order valence-corrected chi connectivity index (χ0v) is 15.9. The molecule has 1 aliphatic heterocycles. The number of hydrogen-bond acceptors (Lipinski definition) is 2. The molecule has 0 spiro atoms. The van der Waals surface area contributed by atoms with Crippen LogP contribution in [0.5, 0.6) is 0 Å². The van der Waals surface area contributed by atoms with E-state index >= 15 is 0 Å². The fraction of sp³-hybridized carbons (Fsp3) is 0.348. The number of nitrogens with zero attached hydrogens (tertiary/aromatic N) is 1. The molecule has 0 aliphatic carbocycles. The normalized spacial score (nSPS) is 14.6. The quantitative estimate of drug-likeness (QED) is 0.708. The summed E-state index contributed by atoms with van der Waals surface area (Å²) in [5.41, 5.74) is 6.45. The van der Waals surface area contributed by atoms with Gasteiger partial charge in [0.05, 0.1) is 0 Å². The summed E-state index contributed by atoms with van der Waals surface area (Å²) in [5.74, 6) is 0.178. The van der Waals surface area contributed by atoms with E-state index in [0.29, 0.717) is 0 Å². The molecule has 1 aliphatic rings. The summed E-state index contributed by atoms with van der Waals surface area (Å²) in [6.07, 6.45) is 3.08. The minimum absolute atomic E-state index is 0.178. The number of rotatable bonds is 3. The summed E-state index contributed by atoms with van der Waals surface area (Å²) in [5, 5.41) is 0. The maximum Gasteiger partial charge on any atom is 0.170 e. The maximum atomic E-state index is 13.1. The minimum Gasteiger partial charge on any atom is -0.347 e. The molecule has 0 N–H and O–H groups in total. The first-order valence-corrected chi connectivity index (χ1v) is 8.95. The van der Waals surface area contributed by atoms with Crippen LogP contribution in [-0.4, -0.2) is 12.3 Å². The van der Waals surface area contributed by atoms with Crippen LogP contribution in [0.3, 0.4) is 0 Å². The number of carbonyl (C=O) groups is 1. The third-order valence-electron chi connectivity index (χ3n) is 4.74. The van der Waals surface area contributed by atoms with E-state index in [-0.39, 0.29) is 5.78 Å². The Kier molecular flexibility index (Phi) is 4.55. The maximum absolute atomic E-state index is 13.1. The lowest BCUT2D eigenvalue weighted by atomic mass is 9.84. The molecule has 0 unspecified atom stereocenters. The van der Waals surface area contributed by atoms with Crippen molar-refractivity contribution in [1.82, 2.24) is 0 Å². The first-order valence-electron chi connectivity index (χ1n) is 8.95. The number of fused-ring (bicyclic) bond motifs is 1. The van der Waals surface area contributed by atoms with Crippen molar-refractivity contribution in [2.75, 3.05) is 11.4 Å². The number of benzene rings is 2. The van der Waals surface area contributed by atoms with Gasteiger partial charge in [0.25, 0.3) is 0 Å². The Morgan fingerprint density at radius 1 is 1.00 bits per heavy atom. The molecule has 2 heteroatoms. The Morgan fingerprint density at radius 2 is 1.64 bits per heavy atom. The highest BCUT2D eigenvalue weighted by Gasteiger charge is 2.28. The van der Waals surface area contributed by atoms with Crippen molar-refractivity contribution in [3.05, 3.63) is 70.9 Å². The van der Waals surface area contributed by atoms with Crippen molar-refractivity contribution < 1.29 is 4.79 Å². The molecule has 3 rings (SSSR count). The number of allylic oxidation sites excluding steroid dienone is 1. The second-order valence-electron chi connectivity index (χ2n) is 8.06. The highest BCUT2D eigenvalue weighted by molar-refractivity contribution is 6.23. The van der Waals surface area contributed by atoms with Gasteiger partial charge in [0.2, 0.25) is 0 Å². The molecule has 2 nitrogen and oxygen atoms in total. The van der Waals surface area contributed by atoms with Crippen molar-refractivity contribution in [1.29, 1.82) is 0 Å². The van der Waals surface area contributed by atoms with Gasteiger partial charge in [0, 0.05) is 29.4 Å². The molecule has 1 heterocycles. The van der Waals surface area contributed by atoms with Crippen LogP contribution in [0.4, 0.5) is 5.69 Å². The summed E-state index contributed by atoms with van der Waals surface area (Å²) >= 11 is 0. The Labute approximate surface area is 151 Å². The third-order valence-corrected chi connectivity index (χ3v) is 4.74. The number of aryl methyl sites for hydroxylation is 2. The molecule has 0 radical (unpaired) electrons. The van der Waals surface area contributed by atoms with Crippen LogP contribution in [0.1, 0.15) is 43.0 Å². The van der Waals surface area contributed by atoms with Gasteiger partial charge in [0.1, 0.15) is 0 Å². The van der Waals surface area contributed by atoms with Crippen LogP contribution in [0, 0.1) is 19.3 Å². The molecule has 2 aromatic rings. The molecule has 2 aromatic carbocycles. The van der Waals surface area contributed by atoms with Crippen molar-refractivity contribution in [3.63, 3.8) is 0 Å². The van der Waals surface area contributed by atoms with Gasteiger partial charge in [-0.3, -0.25) is 4.79 Å². The Bertz CT molecular complexity index is 822. The smallest absolute Gasteiger partial charge is 0.170 e. The fourth-order valence-electron chi connectivity index (χ4n) is 3.25. The number of Topliss-reactive ketones (excluding diaryl/α,β-unsaturated/α-hetero) is 1. The van der Waals surface area contributed by atoms with Gasteiger partial charge in [0.15, 0.2) is 5.78 Å². The van der Waals surface area contributed by atoms with Crippen LogP contribution in [0.2, 0.25) is 0 Å². The number of hydrogen-bond donors (Lipinski definition) is 0. The second-order valence-corrected chi connectivity index (χ2v) is 8.06. The second kappa shape index (κ2) is 6.51. The molecule has 0 fully saturated rings. The molecule has 0 amide bonds. The van der Waals surface area contributed by atoms with Crippen molar-refractivity contribution in [2.24, 2.45) is 5.41 Å². The average Bonchev–Trinajstić information content (AvgIpc) is 2.94. The van der Waals surface area contributed by atoms with Crippen LogP contribution in [0.15, 0.2) is 48.7 Å². The van der Waals surface area contributed by atoms with Crippen LogP contribution < -0.4 is 4.90 Å². The summed E-state index contributed by atoms with van der Waals surface area (Å²) < 4.78 is 0. The summed E-state index contributed by atoms with van der Waals surface area (Å²) in [6.45, 7) is 11.1. The van der Waals surface area contributed by atoms with Gasteiger partial charge in [-0.25, -0.2) is 0 Å². The number of ketones is 1. The van der Waals surface area contributed by atoms with Crippen molar-refractivity contribution in [3.8, 4) is 0 Å². The zero-order valence-electron chi connectivity index (χ0n) is 15.9. The zero-order chi connectivity index (χ0) is 18.2. The van der Waals surface area contributed by atoms with E-state index in [1.165, 1.54) is 22.4 Å². The Balaban J connectivity index is 2.05. The van der Waals surface area contributed by atoms with E-state index in [9.17, 15) is 4.79 Å². The van der Waals surface area contributed by atoms with E-state index < -0.39 is 5.41 Å². The van der Waals surface area contributed by atoms with Gasteiger partial charge < -0.3 is 4.90 Å². The molecule has 0 atom stereocenters. The van der Waals surface area contributed by atoms with E-state index in [0.717, 1.165) is 24.1 Å². The average molecular weight is 333 g/mol. The lowest BCUT2D eigenvalue weighted by Gasteiger charge is -2.22. The lowest BCUT2D eigenvalue weighted by molar-refractivity contribution is -0.120. The van der Waals surface area contributed by atoms with Crippen LogP contribution >= 0.6 is 0 Å². The highest BCUT2D eigenvalue weighted by Crippen LogP contribution is 2.33. The van der Waals surface area contributed by atoms with E-state index in [4.69, 9.17) is 0 Å². The predicted octanol–water partition coefficient (Wildman–Crippen LogP) is 5.32. The van der Waals surface area contributed by atoms with Crippen molar-refractivity contribution in [2.45, 2.75) is 41.0 Å². The van der Waals surface area contributed by atoms with Gasteiger partial charge in [-0.05, 0) is 37.5 Å². The first-order chi connectivity index (χ1) is 11.8. The molecular weight excluding hydrogens is 306 g/mol. The van der Waals surface area contributed by atoms with Gasteiger partial charge in [-0.1, -0.05) is 68.3 Å². The summed E-state index contributed by atoms with van der Waals surface area (Å²) in [6, 6.07) is 14.8. The third kappa shape index (κ3) is 3.68. The minimum atomic E-state index is -0.410. The Morgan fingerprint density at radius 3 is 2.28 bits per heavy atom. The topological polar surface area (TPSA) is 20.3 Å². The number of carbonyl (C=O) groups excluding carboxylic acids is 1. The molecule has 0 saturated heterocycles. The largest absolute Gasteiger partial charge is 0.347 e. The molecule has 0 saturated carbocycles. The molecular formula is C23H27NO. The van der Waals surface area contributed by atoms with Gasteiger partial charge >= 0.3 is 0 Å². The predicted molar refractivity (Wildman–Crippen MR) is 106 cm³/mol. The van der Waals surface area contributed by atoms with Crippen molar-refractivity contribution >= 4 is 17.0 Å². The van der Waals surface area contributed by atoms with E-state index in [1.54, 1.807) is 0 Å². The molecule has 0 bridgehead atoms. The first kappa shape index (κ1) is 17.5. The van der Waals surface area contributed by atoms with Gasteiger partial charge in [-0.2, -0.15) is 0 Å². The lowest BCUT2D eigenvalue weighted by Crippen LogP contribution is -2.24. The number of anilines is 1. The van der Waals surface area contributed by atoms with E-state index in [1.807, 2.05) is 20.8 Å². The molecule has 0 aromatic heterocycles. The highest BCUT2D eigenvalue weighted by atomic mass is 16.1. The van der Waals surface area contributed by atoms with Crippen LogP contribution in [-0.2, 0) is 11.2 Å².